The highest BCUT2D eigenvalue weighted by Gasteiger charge is 1.99. The van der Waals surface area contributed by atoms with E-state index in [0.717, 1.165) is 16.8 Å². The lowest BCUT2D eigenvalue weighted by Gasteiger charge is -1.98. The molecule has 1 aromatic heterocycles. The molecule has 88 valence electrons. The monoisotopic (exact) mass is 234 g/mol. The van der Waals surface area contributed by atoms with E-state index in [-0.39, 0.29) is 0 Å². The van der Waals surface area contributed by atoms with Crippen LogP contribution in [0.25, 0.3) is 23.1 Å². The number of nitrogens with two attached hydrogens (primary N) is 1. The second-order valence-electron chi connectivity index (χ2n) is 4.25. The largest absolute Gasteiger partial charge is 0.398 e. The fourth-order valence-corrected chi connectivity index (χ4v) is 2.07. The summed E-state index contributed by atoms with van der Waals surface area (Å²) in [5.74, 6) is 0. The van der Waals surface area contributed by atoms with Crippen LogP contribution in [-0.2, 0) is 0 Å². The molecule has 0 saturated heterocycles. The van der Waals surface area contributed by atoms with Crippen LogP contribution in [-0.4, -0.2) is 4.98 Å². The predicted octanol–water partition coefficient (Wildman–Crippen LogP) is 3.92. The summed E-state index contributed by atoms with van der Waals surface area (Å²) >= 11 is 0. The van der Waals surface area contributed by atoms with Gasteiger partial charge < -0.3 is 10.7 Å². The highest BCUT2D eigenvalue weighted by molar-refractivity contribution is 5.92. The fourth-order valence-electron chi connectivity index (χ4n) is 2.07. The zero-order valence-electron chi connectivity index (χ0n) is 9.93. The molecule has 2 nitrogen and oxygen atoms in total. The van der Waals surface area contributed by atoms with E-state index >= 15 is 0 Å². The van der Waals surface area contributed by atoms with Crippen molar-refractivity contribution < 1.29 is 0 Å². The summed E-state index contributed by atoms with van der Waals surface area (Å²) in [5, 5.41) is 1.23. The van der Waals surface area contributed by atoms with Gasteiger partial charge in [0.05, 0.1) is 0 Å². The number of nitrogen functional groups attached to an aromatic ring is 1. The summed E-state index contributed by atoms with van der Waals surface area (Å²) in [6.45, 7) is 0. The molecule has 0 atom stereocenters. The topological polar surface area (TPSA) is 41.8 Å². The Morgan fingerprint density at radius 3 is 2.44 bits per heavy atom. The third kappa shape index (κ3) is 1.89. The minimum atomic E-state index is 0.800. The van der Waals surface area contributed by atoms with E-state index in [0.29, 0.717) is 0 Å². The van der Waals surface area contributed by atoms with Crippen LogP contribution in [0.15, 0.2) is 54.7 Å². The third-order valence-electron chi connectivity index (χ3n) is 3.06. The van der Waals surface area contributed by atoms with Gasteiger partial charge in [-0.25, -0.2) is 0 Å². The second-order valence-corrected chi connectivity index (χ2v) is 4.25. The number of rotatable bonds is 2. The van der Waals surface area contributed by atoms with Gasteiger partial charge >= 0.3 is 0 Å². The van der Waals surface area contributed by atoms with Crippen molar-refractivity contribution in [3.63, 3.8) is 0 Å². The van der Waals surface area contributed by atoms with Crippen molar-refractivity contribution in [3.8, 4) is 0 Å². The Bertz CT molecular complexity index is 708. The van der Waals surface area contributed by atoms with E-state index in [9.17, 15) is 0 Å². The summed E-state index contributed by atoms with van der Waals surface area (Å²) in [4.78, 5) is 3.26. The van der Waals surface area contributed by atoms with E-state index in [1.807, 2.05) is 48.7 Å². The van der Waals surface area contributed by atoms with Crippen molar-refractivity contribution >= 4 is 28.7 Å². The molecule has 0 bridgehead atoms. The molecular formula is C16H14N2. The normalized spacial score (nSPS) is 11.3. The molecule has 0 saturated carbocycles. The summed E-state index contributed by atoms with van der Waals surface area (Å²) in [5.41, 5.74) is 10.1. The molecule has 0 aliphatic heterocycles. The lowest BCUT2D eigenvalue weighted by atomic mass is 10.1. The summed E-state index contributed by atoms with van der Waals surface area (Å²) in [6, 6.07) is 16.1. The van der Waals surface area contributed by atoms with Crippen LogP contribution in [0, 0.1) is 0 Å². The molecular weight excluding hydrogens is 220 g/mol. The van der Waals surface area contributed by atoms with Crippen molar-refractivity contribution in [2.75, 3.05) is 5.73 Å². The Morgan fingerprint density at radius 1 is 0.833 bits per heavy atom. The maximum Gasteiger partial charge on any atom is 0.0460 e. The van der Waals surface area contributed by atoms with Crippen LogP contribution in [0.1, 0.15) is 11.1 Å². The van der Waals surface area contributed by atoms with Crippen LogP contribution in [0.3, 0.4) is 0 Å². The Hall–Kier alpha value is -2.48. The number of benzene rings is 2. The molecule has 2 heteroatoms. The van der Waals surface area contributed by atoms with Crippen LogP contribution in [0.5, 0.6) is 0 Å². The number of aromatic amines is 1. The molecule has 0 unspecified atom stereocenters. The molecule has 3 rings (SSSR count). The first-order valence-electron chi connectivity index (χ1n) is 5.93. The van der Waals surface area contributed by atoms with Crippen LogP contribution in [0.2, 0.25) is 0 Å². The van der Waals surface area contributed by atoms with Gasteiger partial charge in [0.25, 0.3) is 0 Å². The Labute approximate surface area is 106 Å². The number of para-hydroxylation sites is 2. The standard InChI is InChI=1S/C16H14N2/c17-15-7-3-1-5-12(15)9-10-13-11-18-16-8-4-2-6-14(13)16/h1-11,18H,17H2/b10-9+. The smallest absolute Gasteiger partial charge is 0.0460 e. The number of fused-ring (bicyclic) bond motifs is 1. The molecule has 2 aromatic carbocycles. The average Bonchev–Trinajstić information content (AvgIpc) is 2.81. The third-order valence-corrected chi connectivity index (χ3v) is 3.06. The zero-order valence-corrected chi connectivity index (χ0v) is 9.93. The molecule has 0 aliphatic carbocycles. The van der Waals surface area contributed by atoms with Crippen LogP contribution < -0.4 is 5.73 Å². The van der Waals surface area contributed by atoms with Gasteiger partial charge in [0, 0.05) is 22.8 Å². The maximum atomic E-state index is 5.91. The molecule has 0 fully saturated rings. The Morgan fingerprint density at radius 2 is 1.56 bits per heavy atom. The van der Waals surface area contributed by atoms with Gasteiger partial charge in [-0.2, -0.15) is 0 Å². The van der Waals surface area contributed by atoms with Gasteiger partial charge in [0.15, 0.2) is 0 Å². The Balaban J connectivity index is 2.00. The SMILES string of the molecule is Nc1ccccc1/C=C/c1c[nH]c2ccccc12. The van der Waals surface area contributed by atoms with E-state index in [4.69, 9.17) is 5.73 Å². The summed E-state index contributed by atoms with van der Waals surface area (Å²) < 4.78 is 0. The first-order chi connectivity index (χ1) is 8.84. The maximum absolute atomic E-state index is 5.91. The van der Waals surface area contributed by atoms with E-state index in [2.05, 4.69) is 23.2 Å². The van der Waals surface area contributed by atoms with Gasteiger partial charge in [-0.15, -0.1) is 0 Å². The highest BCUT2D eigenvalue weighted by atomic mass is 14.7. The van der Waals surface area contributed by atoms with Crippen molar-refractivity contribution in [1.29, 1.82) is 0 Å². The molecule has 0 spiro atoms. The number of aromatic nitrogens is 1. The predicted molar refractivity (Wildman–Crippen MR) is 78.1 cm³/mol. The number of anilines is 1. The second kappa shape index (κ2) is 4.41. The highest BCUT2D eigenvalue weighted by Crippen LogP contribution is 2.21. The Kier molecular flexibility index (Phi) is 2.61. The summed E-state index contributed by atoms with van der Waals surface area (Å²) in [6.07, 6.45) is 6.15. The molecule has 0 aliphatic rings. The van der Waals surface area contributed by atoms with Crippen molar-refractivity contribution in [1.82, 2.24) is 4.98 Å². The lowest BCUT2D eigenvalue weighted by Crippen LogP contribution is -1.87. The minimum Gasteiger partial charge on any atom is -0.398 e. The molecule has 18 heavy (non-hydrogen) atoms. The molecule has 3 N–H and O–H groups in total. The quantitative estimate of drug-likeness (QED) is 0.648. The van der Waals surface area contributed by atoms with Gasteiger partial charge in [-0.3, -0.25) is 0 Å². The van der Waals surface area contributed by atoms with E-state index < -0.39 is 0 Å². The zero-order chi connectivity index (χ0) is 12.4. The minimum absolute atomic E-state index is 0.800. The first-order valence-corrected chi connectivity index (χ1v) is 5.93. The fraction of sp³-hybridized carbons (Fsp3) is 0. The number of nitrogens with one attached hydrogen (secondary N) is 1. The first kappa shape index (κ1) is 10.7. The molecule has 0 radical (unpaired) electrons. The van der Waals surface area contributed by atoms with Gasteiger partial charge in [0.1, 0.15) is 0 Å². The van der Waals surface area contributed by atoms with Crippen LogP contribution in [0.4, 0.5) is 5.69 Å². The van der Waals surface area contributed by atoms with Gasteiger partial charge in [0.2, 0.25) is 0 Å². The van der Waals surface area contributed by atoms with Gasteiger partial charge in [-0.05, 0) is 23.3 Å². The molecule has 3 aromatic rings. The lowest BCUT2D eigenvalue weighted by molar-refractivity contribution is 1.47. The molecule has 0 amide bonds. The van der Waals surface area contributed by atoms with Crippen molar-refractivity contribution in [2.45, 2.75) is 0 Å². The summed E-state index contributed by atoms with van der Waals surface area (Å²) in [7, 11) is 0. The van der Waals surface area contributed by atoms with Crippen LogP contribution >= 0.6 is 0 Å². The van der Waals surface area contributed by atoms with Crippen molar-refractivity contribution in [2.24, 2.45) is 0 Å². The van der Waals surface area contributed by atoms with Gasteiger partial charge in [-0.1, -0.05) is 48.6 Å². The van der Waals surface area contributed by atoms with E-state index in [1.54, 1.807) is 0 Å². The number of hydrogen-bond donors (Lipinski definition) is 2. The van der Waals surface area contributed by atoms with E-state index in [1.165, 1.54) is 10.9 Å². The number of hydrogen-bond acceptors (Lipinski definition) is 1. The van der Waals surface area contributed by atoms with Crippen molar-refractivity contribution in [3.05, 3.63) is 65.9 Å². The average molecular weight is 234 g/mol. The molecule has 1 heterocycles. The number of H-pyrrole nitrogens is 1.